The quantitative estimate of drug-likeness (QED) is 0.326. The molecule has 2 saturated heterocycles. The molecule has 0 unspecified atom stereocenters. The number of hydrogen-bond acceptors (Lipinski definition) is 5. The lowest BCUT2D eigenvalue weighted by atomic mass is 9.99. The monoisotopic (exact) mass is 588 g/mol. The van der Waals surface area contributed by atoms with Crippen molar-refractivity contribution in [2.24, 2.45) is 5.92 Å². The van der Waals surface area contributed by atoms with Crippen LogP contribution in [0.15, 0.2) is 52.3 Å². The molecule has 13 heteroatoms. The maximum Gasteiger partial charge on any atom is 0.418 e. The van der Waals surface area contributed by atoms with Crippen LogP contribution in [0.3, 0.4) is 0 Å². The first kappa shape index (κ1) is 29.9. The molecule has 1 N–H and O–H groups in total. The van der Waals surface area contributed by atoms with Gasteiger partial charge >= 0.3 is 12.4 Å². The second-order valence-electron chi connectivity index (χ2n) is 9.18. The summed E-state index contributed by atoms with van der Waals surface area (Å²) in [5.41, 5.74) is -4.18. The molecular weight excluding hydrogens is 562 g/mol. The Kier molecular flexibility index (Phi) is 9.47. The maximum absolute atomic E-state index is 14.2. The molecule has 0 spiro atoms. The Bertz CT molecular complexity index is 1250. The zero-order valence-corrected chi connectivity index (χ0v) is 21.9. The fourth-order valence-electron chi connectivity index (χ4n) is 4.43. The van der Waals surface area contributed by atoms with Crippen LogP contribution < -0.4 is 5.32 Å². The predicted octanol–water partition coefficient (Wildman–Crippen LogP) is 6.11. The molecule has 2 aromatic rings. The first-order valence-electron chi connectivity index (χ1n) is 12.5. The molecule has 2 aromatic carbocycles. The number of alkyl halides is 6. The van der Waals surface area contributed by atoms with Gasteiger partial charge in [-0.25, -0.2) is 0 Å². The van der Waals surface area contributed by atoms with Crippen LogP contribution in [-0.4, -0.2) is 56.2 Å². The summed E-state index contributed by atoms with van der Waals surface area (Å²) >= 11 is 0.500. The largest absolute Gasteiger partial charge is 0.418 e. The summed E-state index contributed by atoms with van der Waals surface area (Å²) in [6.07, 6.45) is -8.03. The number of morpholine rings is 1. The minimum atomic E-state index is -5.36. The molecule has 0 aliphatic carbocycles. The van der Waals surface area contributed by atoms with E-state index in [2.05, 4.69) is 5.32 Å². The van der Waals surface area contributed by atoms with Gasteiger partial charge in [0, 0.05) is 53.8 Å². The van der Waals surface area contributed by atoms with Gasteiger partial charge in [-0.1, -0.05) is 23.9 Å². The lowest BCUT2D eigenvalue weighted by molar-refractivity contribution is -0.163. The highest BCUT2D eigenvalue weighted by Crippen LogP contribution is 2.48. The third-order valence-corrected chi connectivity index (χ3v) is 7.47. The number of halogens is 6. The zero-order valence-electron chi connectivity index (χ0n) is 21.1. The molecule has 0 aromatic heterocycles. The molecule has 0 bridgehead atoms. The average Bonchev–Trinajstić information content (AvgIpc) is 2.92. The van der Waals surface area contributed by atoms with Crippen molar-refractivity contribution in [3.05, 3.63) is 59.2 Å². The number of benzene rings is 2. The van der Waals surface area contributed by atoms with Crippen LogP contribution in [0.2, 0.25) is 0 Å². The summed E-state index contributed by atoms with van der Waals surface area (Å²) in [6.45, 7) is 1.88. The first-order chi connectivity index (χ1) is 18.9. The van der Waals surface area contributed by atoms with Crippen LogP contribution in [0.4, 0.5) is 32.0 Å². The van der Waals surface area contributed by atoms with Crippen LogP contribution in [0.1, 0.15) is 29.5 Å². The van der Waals surface area contributed by atoms with Crippen LogP contribution in [0.5, 0.6) is 0 Å². The van der Waals surface area contributed by atoms with Gasteiger partial charge in [0.2, 0.25) is 11.8 Å². The van der Waals surface area contributed by atoms with E-state index in [0.29, 0.717) is 43.5 Å². The van der Waals surface area contributed by atoms with E-state index in [-0.39, 0.29) is 43.0 Å². The second kappa shape index (κ2) is 12.6. The molecule has 2 heterocycles. The topological polar surface area (TPSA) is 67.9 Å². The smallest absolute Gasteiger partial charge is 0.381 e. The summed E-state index contributed by atoms with van der Waals surface area (Å²) in [5, 5.41) is 2.72. The van der Waals surface area contributed by atoms with E-state index in [0.717, 1.165) is 24.3 Å². The van der Waals surface area contributed by atoms with Gasteiger partial charge in [0.05, 0.1) is 24.3 Å². The van der Waals surface area contributed by atoms with Gasteiger partial charge in [0.25, 0.3) is 0 Å². The second-order valence-corrected chi connectivity index (χ2v) is 10.3. The third kappa shape index (κ3) is 7.58. The number of ether oxygens (including phenoxy) is 2. The Morgan fingerprint density at radius 3 is 2.20 bits per heavy atom. The van der Waals surface area contributed by atoms with Crippen molar-refractivity contribution in [3.63, 3.8) is 0 Å². The van der Waals surface area contributed by atoms with E-state index in [1.807, 2.05) is 0 Å². The number of carbonyl (C=O) groups is 2. The molecular formula is C27H26F6N2O4S. The number of nitrogens with zero attached hydrogens (tertiary/aromatic N) is 1. The molecule has 4 rings (SSSR count). The number of amides is 2. The van der Waals surface area contributed by atoms with Gasteiger partial charge in [-0.15, -0.1) is 0 Å². The maximum atomic E-state index is 14.2. The molecule has 2 aliphatic heterocycles. The van der Waals surface area contributed by atoms with Gasteiger partial charge in [-0.3, -0.25) is 9.59 Å². The van der Waals surface area contributed by atoms with Crippen molar-refractivity contribution in [2.45, 2.75) is 35.0 Å². The van der Waals surface area contributed by atoms with Crippen LogP contribution in [0.25, 0.3) is 6.08 Å². The number of rotatable bonds is 6. The Morgan fingerprint density at radius 1 is 0.900 bits per heavy atom. The normalized spacial score (nSPS) is 17.3. The Morgan fingerprint density at radius 2 is 1.55 bits per heavy atom. The molecule has 216 valence electrons. The predicted molar refractivity (Wildman–Crippen MR) is 136 cm³/mol. The zero-order chi connectivity index (χ0) is 28.9. The summed E-state index contributed by atoms with van der Waals surface area (Å²) < 4.78 is 95.2. The Hall–Kier alpha value is -3.03. The molecule has 0 saturated carbocycles. The number of nitrogens with one attached hydrogen (secondary N) is 1. The number of hydrogen-bond donors (Lipinski definition) is 1. The molecule has 40 heavy (non-hydrogen) atoms. The highest BCUT2D eigenvalue weighted by Gasteiger charge is 2.46. The summed E-state index contributed by atoms with van der Waals surface area (Å²) in [7, 11) is 0. The molecule has 6 nitrogen and oxygen atoms in total. The van der Waals surface area contributed by atoms with Gasteiger partial charge in [0.15, 0.2) is 0 Å². The van der Waals surface area contributed by atoms with E-state index in [9.17, 15) is 35.9 Å². The standard InChI is InChI=1S/C27H26F6N2O4S/c28-26(29,30)23-17(5-7-22(36)35-10-14-39-15-11-35)4-6-21(24(23)27(31,32)33)40-20-3-1-2-19(16-20)34-25(37)18-8-12-38-13-9-18/h1-7,16,18H,8-15H2,(H,34,37). The minimum Gasteiger partial charge on any atom is -0.381 e. The van der Waals surface area contributed by atoms with E-state index >= 15 is 0 Å². The van der Waals surface area contributed by atoms with Crippen LogP contribution in [0, 0.1) is 5.92 Å². The highest BCUT2D eigenvalue weighted by molar-refractivity contribution is 7.99. The Balaban J connectivity index is 1.63. The van der Waals surface area contributed by atoms with Gasteiger partial charge in [-0.05, 0) is 48.7 Å². The molecule has 0 atom stereocenters. The summed E-state index contributed by atoms with van der Waals surface area (Å²) in [5.74, 6) is -1.15. The average molecular weight is 589 g/mol. The van der Waals surface area contributed by atoms with Crippen molar-refractivity contribution in [3.8, 4) is 0 Å². The van der Waals surface area contributed by atoms with Gasteiger partial charge < -0.3 is 19.7 Å². The fraction of sp³-hybridized carbons (Fsp3) is 0.407. The molecule has 2 amide bonds. The minimum absolute atomic E-state index is 0.203. The number of carbonyl (C=O) groups excluding carboxylic acids is 2. The van der Waals surface area contributed by atoms with E-state index in [4.69, 9.17) is 9.47 Å². The first-order valence-corrected chi connectivity index (χ1v) is 13.3. The van der Waals surface area contributed by atoms with Crippen LogP contribution in [-0.2, 0) is 31.4 Å². The van der Waals surface area contributed by atoms with Gasteiger partial charge in [-0.2, -0.15) is 26.3 Å². The fourth-order valence-corrected chi connectivity index (χ4v) is 5.47. The van der Waals surface area contributed by atoms with Gasteiger partial charge in [0.1, 0.15) is 0 Å². The lowest BCUT2D eigenvalue weighted by Gasteiger charge is -2.25. The third-order valence-electron chi connectivity index (χ3n) is 6.42. The van der Waals surface area contributed by atoms with Crippen molar-refractivity contribution in [1.29, 1.82) is 0 Å². The SMILES string of the molecule is O=C(Nc1cccc(Sc2ccc(C=CC(=O)N3CCOCC3)c(C(F)(F)F)c2C(F)(F)F)c1)C1CCOCC1. The summed E-state index contributed by atoms with van der Waals surface area (Å²) in [6, 6.07) is 7.76. The highest BCUT2D eigenvalue weighted by atomic mass is 32.2. The molecule has 2 fully saturated rings. The molecule has 2 aliphatic rings. The van der Waals surface area contributed by atoms with Crippen molar-refractivity contribution >= 4 is 35.3 Å². The lowest BCUT2D eigenvalue weighted by Crippen LogP contribution is -2.39. The van der Waals surface area contributed by atoms with E-state index < -0.39 is 39.8 Å². The molecule has 0 radical (unpaired) electrons. The van der Waals surface area contributed by atoms with Crippen LogP contribution >= 0.6 is 11.8 Å². The van der Waals surface area contributed by atoms with E-state index in [1.54, 1.807) is 6.07 Å². The number of anilines is 1. The van der Waals surface area contributed by atoms with Crippen molar-refractivity contribution < 1.29 is 45.4 Å². The van der Waals surface area contributed by atoms with Crippen molar-refractivity contribution in [1.82, 2.24) is 4.90 Å². The Labute approximate surface area is 230 Å². The summed E-state index contributed by atoms with van der Waals surface area (Å²) in [4.78, 5) is 25.8. The van der Waals surface area contributed by atoms with Crippen molar-refractivity contribution in [2.75, 3.05) is 44.8 Å². The van der Waals surface area contributed by atoms with E-state index in [1.165, 1.54) is 23.1 Å².